The van der Waals surface area contributed by atoms with Crippen LogP contribution in [0.1, 0.15) is 33.8 Å². The third-order valence-corrected chi connectivity index (χ3v) is 4.83. The number of rotatable bonds is 7. The van der Waals surface area contributed by atoms with Gasteiger partial charge in [-0.3, -0.25) is 25.2 Å². The van der Waals surface area contributed by atoms with Crippen LogP contribution >= 0.6 is 0 Å². The predicted molar refractivity (Wildman–Crippen MR) is 122 cm³/mol. The summed E-state index contributed by atoms with van der Waals surface area (Å²) in [4.78, 5) is 41.2. The van der Waals surface area contributed by atoms with Crippen molar-refractivity contribution in [1.29, 1.82) is 0 Å². The lowest BCUT2D eigenvalue weighted by Gasteiger charge is -2.05. The van der Waals surface area contributed by atoms with Crippen molar-refractivity contribution in [2.75, 3.05) is 0 Å². The van der Waals surface area contributed by atoms with Crippen molar-refractivity contribution in [3.05, 3.63) is 102 Å². The van der Waals surface area contributed by atoms with E-state index in [9.17, 15) is 14.4 Å². The van der Waals surface area contributed by atoms with Gasteiger partial charge < -0.3 is 0 Å². The average Bonchev–Trinajstić information content (AvgIpc) is 3.33. The zero-order valence-corrected chi connectivity index (χ0v) is 17.6. The minimum absolute atomic E-state index is 0.0325. The maximum absolute atomic E-state index is 12.6. The molecule has 1 heterocycles. The Labute approximate surface area is 190 Å². The summed E-state index contributed by atoms with van der Waals surface area (Å²) in [7, 11) is 0. The topological polar surface area (TPSA) is 106 Å². The Bertz CT molecular complexity index is 1200. The standard InChI is InChI=1S/C25H21N5O3/c31-21(18-10-4-1-5-11-18)16-17-22(32)27-28-25(33)23-26-24(19-12-6-2-7-13-19)30(29-23)20-14-8-3-9-15-20/h1-15H,16-17H2,(H,27,32)(H,28,33). The SMILES string of the molecule is O=C(CCC(=O)c1ccccc1)NNC(=O)c1nc(-c2ccccc2)n(-c2ccccc2)n1. The monoisotopic (exact) mass is 439 g/mol. The van der Waals surface area contributed by atoms with Gasteiger partial charge in [-0.1, -0.05) is 78.9 Å². The van der Waals surface area contributed by atoms with Gasteiger partial charge in [0.15, 0.2) is 11.6 Å². The number of para-hydroxylation sites is 1. The molecule has 0 atom stereocenters. The Morgan fingerprint density at radius 2 is 1.33 bits per heavy atom. The number of Topliss-reactive ketones (excluding diaryl/α,β-unsaturated/α-hetero) is 1. The lowest BCUT2D eigenvalue weighted by Crippen LogP contribution is -2.42. The number of hydrazine groups is 1. The van der Waals surface area contributed by atoms with Crippen LogP contribution in [0.3, 0.4) is 0 Å². The first-order chi connectivity index (χ1) is 16.1. The first-order valence-electron chi connectivity index (χ1n) is 10.4. The van der Waals surface area contributed by atoms with Gasteiger partial charge in [-0.2, -0.15) is 0 Å². The minimum Gasteiger partial charge on any atom is -0.294 e. The van der Waals surface area contributed by atoms with Gasteiger partial charge in [0.05, 0.1) is 5.69 Å². The molecule has 4 aromatic rings. The Hall–Kier alpha value is -4.59. The number of hydrogen-bond donors (Lipinski definition) is 2. The number of carbonyl (C=O) groups is 3. The fourth-order valence-corrected chi connectivity index (χ4v) is 3.17. The van der Waals surface area contributed by atoms with Gasteiger partial charge in [0.25, 0.3) is 0 Å². The number of nitrogens with one attached hydrogen (secondary N) is 2. The largest absolute Gasteiger partial charge is 0.309 e. The van der Waals surface area contributed by atoms with Crippen molar-refractivity contribution in [3.8, 4) is 17.1 Å². The van der Waals surface area contributed by atoms with Crippen LogP contribution in [0, 0.1) is 0 Å². The lowest BCUT2D eigenvalue weighted by atomic mass is 10.1. The lowest BCUT2D eigenvalue weighted by molar-refractivity contribution is -0.121. The van der Waals surface area contributed by atoms with Gasteiger partial charge in [-0.05, 0) is 12.1 Å². The zero-order chi connectivity index (χ0) is 23.0. The predicted octanol–water partition coefficient (Wildman–Crippen LogP) is 3.36. The fraction of sp³-hybridized carbons (Fsp3) is 0.0800. The summed E-state index contributed by atoms with van der Waals surface area (Å²) in [6, 6.07) is 27.4. The van der Waals surface area contributed by atoms with Crippen molar-refractivity contribution in [2.24, 2.45) is 0 Å². The second kappa shape index (κ2) is 10.1. The molecule has 0 saturated heterocycles. The second-order valence-corrected chi connectivity index (χ2v) is 7.16. The number of hydrogen-bond acceptors (Lipinski definition) is 5. The molecule has 8 nitrogen and oxygen atoms in total. The molecule has 0 spiro atoms. The average molecular weight is 439 g/mol. The van der Waals surface area contributed by atoms with Gasteiger partial charge in [0.2, 0.25) is 11.7 Å². The summed E-state index contributed by atoms with van der Waals surface area (Å²) >= 11 is 0. The van der Waals surface area contributed by atoms with Crippen molar-refractivity contribution < 1.29 is 14.4 Å². The molecule has 33 heavy (non-hydrogen) atoms. The van der Waals surface area contributed by atoms with E-state index in [1.807, 2.05) is 66.7 Å². The molecule has 0 aliphatic rings. The van der Waals surface area contributed by atoms with Gasteiger partial charge in [-0.25, -0.2) is 9.67 Å². The van der Waals surface area contributed by atoms with Crippen LogP contribution in [0.4, 0.5) is 0 Å². The highest BCUT2D eigenvalue weighted by Crippen LogP contribution is 2.20. The van der Waals surface area contributed by atoms with Crippen LogP contribution in [0.5, 0.6) is 0 Å². The minimum atomic E-state index is -0.662. The van der Waals surface area contributed by atoms with E-state index in [0.717, 1.165) is 11.3 Å². The van der Waals surface area contributed by atoms with Gasteiger partial charge in [0.1, 0.15) is 0 Å². The molecular formula is C25H21N5O3. The number of aromatic nitrogens is 3. The molecule has 0 fully saturated rings. The van der Waals surface area contributed by atoms with E-state index in [1.165, 1.54) is 0 Å². The number of carbonyl (C=O) groups excluding carboxylic acids is 3. The van der Waals surface area contributed by atoms with E-state index in [4.69, 9.17) is 0 Å². The molecule has 0 bridgehead atoms. The Morgan fingerprint density at radius 3 is 2.00 bits per heavy atom. The highest BCUT2D eigenvalue weighted by molar-refractivity contribution is 5.98. The van der Waals surface area contributed by atoms with E-state index in [1.54, 1.807) is 28.9 Å². The summed E-state index contributed by atoms with van der Waals surface area (Å²) in [5.41, 5.74) is 6.70. The van der Waals surface area contributed by atoms with Crippen molar-refractivity contribution in [3.63, 3.8) is 0 Å². The molecule has 0 radical (unpaired) electrons. The first kappa shape index (κ1) is 21.6. The smallest absolute Gasteiger partial charge is 0.294 e. The Morgan fingerprint density at radius 1 is 0.727 bits per heavy atom. The molecule has 1 aromatic heterocycles. The summed E-state index contributed by atoms with van der Waals surface area (Å²) < 4.78 is 1.57. The van der Waals surface area contributed by atoms with Crippen molar-refractivity contribution in [2.45, 2.75) is 12.8 Å². The third-order valence-electron chi connectivity index (χ3n) is 4.83. The second-order valence-electron chi connectivity index (χ2n) is 7.16. The molecular weight excluding hydrogens is 418 g/mol. The summed E-state index contributed by atoms with van der Waals surface area (Å²) in [6.45, 7) is 0. The van der Waals surface area contributed by atoms with Crippen LogP contribution in [-0.4, -0.2) is 32.4 Å². The highest BCUT2D eigenvalue weighted by Gasteiger charge is 2.19. The number of nitrogens with zero attached hydrogens (tertiary/aromatic N) is 3. The molecule has 8 heteroatoms. The number of benzene rings is 3. The quantitative estimate of drug-likeness (QED) is 0.339. The van der Waals surface area contributed by atoms with Crippen LogP contribution in [-0.2, 0) is 4.79 Å². The van der Waals surface area contributed by atoms with Crippen LogP contribution in [0.15, 0.2) is 91.0 Å². The third kappa shape index (κ3) is 5.37. The zero-order valence-electron chi connectivity index (χ0n) is 17.6. The van der Waals surface area contributed by atoms with E-state index >= 15 is 0 Å². The number of ketones is 1. The molecule has 2 N–H and O–H groups in total. The van der Waals surface area contributed by atoms with Gasteiger partial charge in [-0.15, -0.1) is 5.10 Å². The summed E-state index contributed by atoms with van der Waals surface area (Å²) in [5, 5.41) is 4.34. The maximum Gasteiger partial charge on any atom is 0.309 e. The van der Waals surface area contributed by atoms with Crippen molar-refractivity contribution in [1.82, 2.24) is 25.6 Å². The molecule has 2 amide bonds. The Kier molecular flexibility index (Phi) is 6.65. The molecule has 164 valence electrons. The molecule has 0 saturated carbocycles. The van der Waals surface area contributed by atoms with E-state index < -0.39 is 11.8 Å². The highest BCUT2D eigenvalue weighted by atomic mass is 16.2. The molecule has 3 aromatic carbocycles. The maximum atomic E-state index is 12.6. The summed E-state index contributed by atoms with van der Waals surface area (Å²) in [6.07, 6.45) is -0.0279. The number of amides is 2. The van der Waals surface area contributed by atoms with Crippen LogP contribution in [0.2, 0.25) is 0 Å². The fourth-order valence-electron chi connectivity index (χ4n) is 3.17. The van der Waals surface area contributed by atoms with Gasteiger partial charge >= 0.3 is 5.91 Å². The normalized spacial score (nSPS) is 10.4. The molecule has 0 unspecified atom stereocenters. The van der Waals surface area contributed by atoms with Crippen LogP contribution in [0.25, 0.3) is 17.1 Å². The molecule has 0 aliphatic heterocycles. The van der Waals surface area contributed by atoms with E-state index in [-0.39, 0.29) is 24.4 Å². The van der Waals surface area contributed by atoms with Crippen LogP contribution < -0.4 is 10.9 Å². The Balaban J connectivity index is 1.42. The van der Waals surface area contributed by atoms with E-state index in [0.29, 0.717) is 11.4 Å². The van der Waals surface area contributed by atoms with E-state index in [2.05, 4.69) is 20.9 Å². The molecule has 0 aliphatic carbocycles. The van der Waals surface area contributed by atoms with Crippen molar-refractivity contribution >= 4 is 17.6 Å². The summed E-state index contributed by atoms with van der Waals surface area (Å²) in [5.74, 6) is -0.902. The van der Waals surface area contributed by atoms with Gasteiger partial charge in [0, 0.05) is 24.0 Å². The molecule has 4 rings (SSSR count). The first-order valence-corrected chi connectivity index (χ1v) is 10.4.